The van der Waals surface area contributed by atoms with Crippen molar-refractivity contribution in [1.29, 1.82) is 0 Å². The largest absolute Gasteiger partial charge is 0.370 e. The van der Waals surface area contributed by atoms with Crippen LogP contribution in [0, 0.1) is 0 Å². The Hall–Kier alpha value is -1.56. The molecule has 0 aliphatic carbocycles. The Bertz CT molecular complexity index is 1490. The molecule has 0 N–H and O–H groups in total. The van der Waals surface area contributed by atoms with Crippen molar-refractivity contribution in [3.05, 3.63) is 79.0 Å². The van der Waals surface area contributed by atoms with Crippen LogP contribution in [0.2, 0.25) is 0 Å². The van der Waals surface area contributed by atoms with Crippen LogP contribution in [0.25, 0.3) is 10.2 Å². The first-order valence-electron chi connectivity index (χ1n) is 11.5. The smallest absolute Gasteiger partial charge is 0.190 e. The van der Waals surface area contributed by atoms with Crippen LogP contribution in [0.3, 0.4) is 0 Å². The Morgan fingerprint density at radius 2 is 1.49 bits per heavy atom. The van der Waals surface area contributed by atoms with E-state index in [0.29, 0.717) is 22.9 Å². The third-order valence-corrected chi connectivity index (χ3v) is 9.86. The Balaban J connectivity index is 1.43. The highest BCUT2D eigenvalue weighted by molar-refractivity contribution is 9.10. The molecule has 0 bridgehead atoms. The second-order valence-electron chi connectivity index (χ2n) is 9.16. The van der Waals surface area contributed by atoms with Crippen molar-refractivity contribution < 1.29 is 14.3 Å². The van der Waals surface area contributed by atoms with Gasteiger partial charge in [-0.3, -0.25) is 9.59 Å². The third kappa shape index (κ3) is 6.37. The van der Waals surface area contributed by atoms with Gasteiger partial charge in [0, 0.05) is 36.8 Å². The third-order valence-electron chi connectivity index (χ3n) is 5.88. The minimum Gasteiger partial charge on any atom is -0.370 e. The van der Waals surface area contributed by atoms with E-state index in [2.05, 4.69) is 45.7 Å². The molecule has 0 unspecified atom stereocenters. The SMILES string of the molecule is CC1(C)Cc2c(sc3nc(SCC(=O)c4ccc(Br)cc4)nc(SCC(=O)c4ccc(Br)cc4)c23)CO1. The van der Waals surface area contributed by atoms with Gasteiger partial charge in [-0.05, 0) is 43.7 Å². The van der Waals surface area contributed by atoms with E-state index in [0.717, 1.165) is 35.5 Å². The van der Waals surface area contributed by atoms with Gasteiger partial charge < -0.3 is 4.74 Å². The standard InChI is InChI=1S/C27H22Br2N2O3S3/c1-27(2)11-19-22(12-34-27)37-25-23(19)24(35-13-20(32)15-3-7-17(28)8-4-15)30-26(31-25)36-14-21(33)16-5-9-18(29)10-6-16/h3-10H,11-14H2,1-2H3. The first-order chi connectivity index (χ1) is 17.7. The van der Waals surface area contributed by atoms with Crippen molar-refractivity contribution in [2.24, 2.45) is 0 Å². The summed E-state index contributed by atoms with van der Waals surface area (Å²) in [5.41, 5.74) is 2.24. The lowest BCUT2D eigenvalue weighted by atomic mass is 9.95. The summed E-state index contributed by atoms with van der Waals surface area (Å²) in [5, 5.41) is 2.33. The Morgan fingerprint density at radius 1 is 0.919 bits per heavy atom. The number of thioether (sulfide) groups is 2. The quantitative estimate of drug-likeness (QED) is 0.0810. The number of Topliss-reactive ketones (excluding diaryl/α,β-unsaturated/α-hetero) is 2. The summed E-state index contributed by atoms with van der Waals surface area (Å²) in [6, 6.07) is 14.7. The molecule has 0 spiro atoms. The molecule has 0 atom stereocenters. The summed E-state index contributed by atoms with van der Waals surface area (Å²) < 4.78 is 7.90. The molecular formula is C27H22Br2N2O3S3. The second kappa shape index (κ2) is 11.3. The lowest BCUT2D eigenvalue weighted by Crippen LogP contribution is -2.31. The van der Waals surface area contributed by atoms with E-state index in [1.165, 1.54) is 29.1 Å². The van der Waals surface area contributed by atoms with Crippen molar-refractivity contribution in [1.82, 2.24) is 9.97 Å². The fourth-order valence-corrected chi connectivity index (χ4v) is 7.46. The summed E-state index contributed by atoms with van der Waals surface area (Å²) in [5.74, 6) is 0.550. The molecular weight excluding hydrogens is 656 g/mol. The van der Waals surface area contributed by atoms with E-state index in [-0.39, 0.29) is 28.7 Å². The highest BCUT2D eigenvalue weighted by atomic mass is 79.9. The molecule has 5 rings (SSSR count). The van der Waals surface area contributed by atoms with Crippen LogP contribution in [0.15, 0.2) is 67.7 Å². The number of aromatic nitrogens is 2. The first kappa shape index (κ1) is 27.0. The van der Waals surface area contributed by atoms with E-state index >= 15 is 0 Å². The van der Waals surface area contributed by atoms with E-state index in [9.17, 15) is 9.59 Å². The van der Waals surface area contributed by atoms with Gasteiger partial charge in [-0.15, -0.1) is 11.3 Å². The Labute approximate surface area is 244 Å². The Morgan fingerprint density at radius 3 is 2.08 bits per heavy atom. The molecule has 5 nitrogen and oxygen atoms in total. The van der Waals surface area contributed by atoms with Crippen molar-refractivity contribution >= 4 is 88.5 Å². The number of thiophene rings is 1. The molecule has 4 aromatic rings. The van der Waals surface area contributed by atoms with Crippen molar-refractivity contribution in [2.75, 3.05) is 11.5 Å². The van der Waals surface area contributed by atoms with Gasteiger partial charge in [0.25, 0.3) is 0 Å². The molecule has 0 saturated heterocycles. The van der Waals surface area contributed by atoms with Gasteiger partial charge in [0.1, 0.15) is 9.86 Å². The topological polar surface area (TPSA) is 69.2 Å². The van der Waals surface area contributed by atoms with Crippen LogP contribution >= 0.6 is 66.7 Å². The van der Waals surface area contributed by atoms with E-state index < -0.39 is 0 Å². The molecule has 3 heterocycles. The van der Waals surface area contributed by atoms with Crippen LogP contribution in [0.1, 0.15) is 45.0 Å². The van der Waals surface area contributed by atoms with Crippen LogP contribution in [0.4, 0.5) is 0 Å². The number of halogens is 2. The summed E-state index contributed by atoms with van der Waals surface area (Å²) >= 11 is 11.2. The number of fused-ring (bicyclic) bond motifs is 3. The van der Waals surface area contributed by atoms with Gasteiger partial charge in [0.05, 0.1) is 23.7 Å². The first-order valence-corrected chi connectivity index (χ1v) is 15.9. The van der Waals surface area contributed by atoms with Gasteiger partial charge in [-0.25, -0.2) is 9.97 Å². The summed E-state index contributed by atoms with van der Waals surface area (Å²) in [6.07, 6.45) is 0.758. The number of ether oxygens (including phenoxy) is 1. The average molecular weight is 678 g/mol. The minimum absolute atomic E-state index is 0.0152. The van der Waals surface area contributed by atoms with Gasteiger partial charge >= 0.3 is 0 Å². The van der Waals surface area contributed by atoms with Crippen LogP contribution < -0.4 is 0 Å². The number of hydrogen-bond donors (Lipinski definition) is 0. The van der Waals surface area contributed by atoms with Crippen LogP contribution in [-0.2, 0) is 17.8 Å². The van der Waals surface area contributed by atoms with Gasteiger partial charge in [0.15, 0.2) is 16.7 Å². The normalized spacial score (nSPS) is 14.5. The predicted molar refractivity (Wildman–Crippen MR) is 158 cm³/mol. The summed E-state index contributed by atoms with van der Waals surface area (Å²) in [6.45, 7) is 4.71. The fraction of sp³-hybridized carbons (Fsp3) is 0.259. The lowest BCUT2D eigenvalue weighted by molar-refractivity contribution is -0.0379. The number of nitrogens with zero attached hydrogens (tertiary/aromatic N) is 2. The lowest BCUT2D eigenvalue weighted by Gasteiger charge is -2.30. The number of carbonyl (C=O) groups excluding carboxylic acids is 2. The zero-order valence-corrected chi connectivity index (χ0v) is 25.7. The van der Waals surface area contributed by atoms with Gasteiger partial charge in [-0.1, -0.05) is 79.6 Å². The number of hydrogen-bond acceptors (Lipinski definition) is 8. The number of ketones is 2. The van der Waals surface area contributed by atoms with Gasteiger partial charge in [-0.2, -0.15) is 0 Å². The highest BCUT2D eigenvalue weighted by Crippen LogP contribution is 2.42. The molecule has 2 aromatic heterocycles. The maximum absolute atomic E-state index is 12.9. The van der Waals surface area contributed by atoms with E-state index in [4.69, 9.17) is 14.7 Å². The predicted octanol–water partition coefficient (Wildman–Crippen LogP) is 8.02. The minimum atomic E-state index is -0.277. The number of benzene rings is 2. The molecule has 0 amide bonds. The number of rotatable bonds is 8. The molecule has 1 aliphatic heterocycles. The maximum atomic E-state index is 12.9. The molecule has 10 heteroatoms. The zero-order valence-electron chi connectivity index (χ0n) is 20.0. The molecule has 0 radical (unpaired) electrons. The van der Waals surface area contributed by atoms with Crippen molar-refractivity contribution in [3.8, 4) is 0 Å². The summed E-state index contributed by atoms with van der Waals surface area (Å²) in [7, 11) is 0. The molecule has 190 valence electrons. The molecule has 1 aliphatic rings. The van der Waals surface area contributed by atoms with Crippen LogP contribution in [0.5, 0.6) is 0 Å². The van der Waals surface area contributed by atoms with Crippen molar-refractivity contribution in [3.63, 3.8) is 0 Å². The van der Waals surface area contributed by atoms with E-state index in [1.54, 1.807) is 23.5 Å². The molecule has 37 heavy (non-hydrogen) atoms. The van der Waals surface area contributed by atoms with Gasteiger partial charge in [0.2, 0.25) is 0 Å². The van der Waals surface area contributed by atoms with E-state index in [1.807, 2.05) is 36.4 Å². The van der Waals surface area contributed by atoms with Crippen molar-refractivity contribution in [2.45, 2.75) is 42.7 Å². The second-order valence-corrected chi connectivity index (χ2v) is 14.0. The average Bonchev–Trinajstić information content (AvgIpc) is 3.23. The Kier molecular flexibility index (Phi) is 8.24. The summed E-state index contributed by atoms with van der Waals surface area (Å²) in [4.78, 5) is 37.4. The monoisotopic (exact) mass is 676 g/mol. The molecule has 0 saturated carbocycles. The highest BCUT2D eigenvalue weighted by Gasteiger charge is 2.31. The zero-order chi connectivity index (χ0) is 26.2. The molecule has 2 aromatic carbocycles. The fourth-order valence-electron chi connectivity index (χ4n) is 3.96. The van der Waals surface area contributed by atoms with Crippen LogP contribution in [-0.4, -0.2) is 38.6 Å². The maximum Gasteiger partial charge on any atom is 0.190 e. The number of carbonyl (C=O) groups is 2. The molecule has 0 fully saturated rings.